The van der Waals surface area contributed by atoms with Gasteiger partial charge in [-0.25, -0.2) is 0 Å². The van der Waals surface area contributed by atoms with Crippen LogP contribution in [0.15, 0.2) is 0 Å². The standard InChI is InChI=1S/C11H28O2SSi2/c1-7-9-12-16(6,13-10-8-2)11-14-15(3,4)5/h7-11H2,1-6H3. The van der Waals surface area contributed by atoms with E-state index in [1.165, 1.54) is 0 Å². The van der Waals surface area contributed by atoms with Crippen molar-refractivity contribution in [2.75, 3.05) is 18.6 Å². The van der Waals surface area contributed by atoms with Gasteiger partial charge in [-0.3, -0.25) is 0 Å². The van der Waals surface area contributed by atoms with Gasteiger partial charge < -0.3 is 8.85 Å². The Bertz CT molecular complexity index is 175. The molecular weight excluding hydrogens is 252 g/mol. The first-order chi connectivity index (χ1) is 7.33. The normalized spacial score (nSPS) is 13.1. The summed E-state index contributed by atoms with van der Waals surface area (Å²) in [4.78, 5) is 0. The maximum absolute atomic E-state index is 5.99. The zero-order valence-corrected chi connectivity index (χ0v) is 14.6. The van der Waals surface area contributed by atoms with Gasteiger partial charge in [0.2, 0.25) is 0 Å². The first kappa shape index (κ1) is 16.7. The highest BCUT2D eigenvalue weighted by atomic mass is 32.4. The lowest BCUT2D eigenvalue weighted by molar-refractivity contribution is 0.178. The first-order valence-electron chi connectivity index (χ1n) is 6.25. The second-order valence-corrected chi connectivity index (χ2v) is 18.3. The molecule has 0 amide bonds. The van der Waals surface area contributed by atoms with Crippen molar-refractivity contribution in [1.29, 1.82) is 0 Å². The molecule has 0 N–H and O–H groups in total. The monoisotopic (exact) mass is 280 g/mol. The van der Waals surface area contributed by atoms with Crippen molar-refractivity contribution < 1.29 is 8.85 Å². The summed E-state index contributed by atoms with van der Waals surface area (Å²) in [5.74, 6) is 0. The van der Waals surface area contributed by atoms with Crippen LogP contribution in [0.25, 0.3) is 0 Å². The van der Waals surface area contributed by atoms with Gasteiger partial charge in [0.25, 0.3) is 0 Å². The molecule has 2 nitrogen and oxygen atoms in total. The Hall–Kier alpha value is 0.704. The quantitative estimate of drug-likeness (QED) is 0.594. The number of rotatable bonds is 9. The third kappa shape index (κ3) is 8.81. The summed E-state index contributed by atoms with van der Waals surface area (Å²) >= 11 is 2.09. The molecule has 0 bridgehead atoms. The van der Waals surface area contributed by atoms with Crippen LogP contribution in [0, 0.1) is 0 Å². The molecule has 0 rings (SSSR count). The molecule has 16 heavy (non-hydrogen) atoms. The van der Waals surface area contributed by atoms with Crippen molar-refractivity contribution in [3.8, 4) is 0 Å². The highest BCUT2D eigenvalue weighted by Gasteiger charge is 2.33. The molecule has 0 unspecified atom stereocenters. The average molecular weight is 281 g/mol. The number of hydrogen-bond donors (Lipinski definition) is 0. The summed E-state index contributed by atoms with van der Waals surface area (Å²) in [6.45, 7) is 15.4. The SMILES string of the molecule is CCCO[Si](C)(CS[Si](C)(C)C)OCCC. The van der Waals surface area contributed by atoms with Gasteiger partial charge >= 0.3 is 8.56 Å². The van der Waals surface area contributed by atoms with Crippen molar-refractivity contribution in [1.82, 2.24) is 0 Å². The number of hydrogen-bond acceptors (Lipinski definition) is 3. The fourth-order valence-corrected chi connectivity index (χ4v) is 12.2. The molecule has 0 saturated carbocycles. The van der Waals surface area contributed by atoms with Crippen molar-refractivity contribution in [3.05, 3.63) is 0 Å². The molecule has 0 aliphatic rings. The van der Waals surface area contributed by atoms with Gasteiger partial charge in [-0.15, -0.1) is 0 Å². The van der Waals surface area contributed by atoms with Crippen molar-refractivity contribution >= 4 is 27.0 Å². The second kappa shape index (κ2) is 7.92. The lowest BCUT2D eigenvalue weighted by Crippen LogP contribution is -2.44. The molecule has 0 aromatic rings. The van der Waals surface area contributed by atoms with Gasteiger partial charge in [-0.1, -0.05) is 33.5 Å². The van der Waals surface area contributed by atoms with Gasteiger partial charge in [0, 0.05) is 18.6 Å². The molecule has 0 aliphatic carbocycles. The molecule has 0 atom stereocenters. The Kier molecular flexibility index (Phi) is 8.27. The Balaban J connectivity index is 4.17. The highest BCUT2D eigenvalue weighted by Crippen LogP contribution is 2.24. The average Bonchev–Trinajstić information content (AvgIpc) is 2.20. The van der Waals surface area contributed by atoms with Crippen molar-refractivity contribution in [2.24, 2.45) is 0 Å². The first-order valence-corrected chi connectivity index (χ1v) is 14.0. The third-order valence-electron chi connectivity index (χ3n) is 1.99. The lowest BCUT2D eigenvalue weighted by Gasteiger charge is -2.29. The summed E-state index contributed by atoms with van der Waals surface area (Å²) in [5, 5.41) is 1.09. The van der Waals surface area contributed by atoms with E-state index in [9.17, 15) is 0 Å². The summed E-state index contributed by atoms with van der Waals surface area (Å²) in [5.41, 5.74) is 0. The molecule has 0 aromatic heterocycles. The maximum atomic E-state index is 5.99. The molecule has 0 aliphatic heterocycles. The Morgan fingerprint density at radius 3 is 1.62 bits per heavy atom. The minimum Gasteiger partial charge on any atom is -0.394 e. The molecule has 0 aromatic carbocycles. The van der Waals surface area contributed by atoms with Gasteiger partial charge in [0.15, 0.2) is 0 Å². The fraction of sp³-hybridized carbons (Fsp3) is 1.00. The molecule has 0 spiro atoms. The second-order valence-electron chi connectivity index (χ2n) is 5.23. The van der Waals surface area contributed by atoms with Crippen LogP contribution in [0.2, 0.25) is 26.2 Å². The molecule has 0 saturated heterocycles. The van der Waals surface area contributed by atoms with E-state index in [1.807, 2.05) is 0 Å². The van der Waals surface area contributed by atoms with Crippen LogP contribution in [-0.4, -0.2) is 34.4 Å². The van der Waals surface area contributed by atoms with Crippen LogP contribution in [0.5, 0.6) is 0 Å². The van der Waals surface area contributed by atoms with E-state index < -0.39 is 15.8 Å². The van der Waals surface area contributed by atoms with Gasteiger partial charge in [-0.2, -0.15) is 11.2 Å². The van der Waals surface area contributed by atoms with Crippen molar-refractivity contribution in [3.63, 3.8) is 0 Å². The topological polar surface area (TPSA) is 18.5 Å². The Morgan fingerprint density at radius 2 is 1.31 bits per heavy atom. The van der Waals surface area contributed by atoms with Gasteiger partial charge in [0.1, 0.15) is 7.22 Å². The van der Waals surface area contributed by atoms with Crippen LogP contribution in [0.1, 0.15) is 26.7 Å². The van der Waals surface area contributed by atoms with E-state index >= 15 is 0 Å². The van der Waals surface area contributed by atoms with E-state index in [0.717, 1.165) is 31.4 Å². The third-order valence-corrected chi connectivity index (χ3v) is 11.1. The molecule has 0 heterocycles. The smallest absolute Gasteiger partial charge is 0.344 e. The van der Waals surface area contributed by atoms with Crippen LogP contribution < -0.4 is 0 Å². The summed E-state index contributed by atoms with van der Waals surface area (Å²) in [6.07, 6.45) is 2.16. The van der Waals surface area contributed by atoms with Gasteiger partial charge in [0.05, 0.1) is 0 Å². The Labute approximate surface area is 107 Å². The fourth-order valence-electron chi connectivity index (χ4n) is 1.11. The van der Waals surface area contributed by atoms with E-state index in [4.69, 9.17) is 8.85 Å². The summed E-state index contributed by atoms with van der Waals surface area (Å²) < 4.78 is 12.0. The predicted molar refractivity (Wildman–Crippen MR) is 79.9 cm³/mol. The molecular formula is C11H28O2SSi2. The summed E-state index contributed by atoms with van der Waals surface area (Å²) in [7, 11) is -2.96. The predicted octanol–water partition coefficient (Wildman–Crippen LogP) is 4.02. The molecule has 0 radical (unpaired) electrons. The molecule has 5 heteroatoms. The van der Waals surface area contributed by atoms with E-state index in [-0.39, 0.29) is 0 Å². The van der Waals surface area contributed by atoms with E-state index in [2.05, 4.69) is 51.2 Å². The van der Waals surface area contributed by atoms with Crippen LogP contribution in [-0.2, 0) is 8.85 Å². The minimum atomic E-state index is -1.90. The largest absolute Gasteiger partial charge is 0.394 e. The van der Waals surface area contributed by atoms with E-state index in [1.54, 1.807) is 0 Å². The zero-order valence-electron chi connectivity index (χ0n) is 11.8. The maximum Gasteiger partial charge on any atom is 0.344 e. The summed E-state index contributed by atoms with van der Waals surface area (Å²) in [6, 6.07) is 0. The van der Waals surface area contributed by atoms with Crippen molar-refractivity contribution in [2.45, 2.75) is 52.9 Å². The van der Waals surface area contributed by atoms with Crippen LogP contribution in [0.3, 0.4) is 0 Å². The van der Waals surface area contributed by atoms with Gasteiger partial charge in [-0.05, 0) is 19.4 Å². The lowest BCUT2D eigenvalue weighted by atomic mass is 10.5. The minimum absolute atomic E-state index is 0.846. The molecule has 98 valence electrons. The zero-order chi connectivity index (χ0) is 12.7. The highest BCUT2D eigenvalue weighted by molar-refractivity contribution is 8.29. The van der Waals surface area contributed by atoms with E-state index in [0.29, 0.717) is 0 Å². The Morgan fingerprint density at radius 1 is 0.875 bits per heavy atom. The van der Waals surface area contributed by atoms with Crippen LogP contribution >= 0.6 is 11.2 Å². The molecule has 0 fully saturated rings. The van der Waals surface area contributed by atoms with Crippen LogP contribution in [0.4, 0.5) is 0 Å².